The van der Waals surface area contributed by atoms with Gasteiger partial charge in [0, 0.05) is 11.1 Å². The highest BCUT2D eigenvalue weighted by atomic mass is 35.5. The van der Waals surface area contributed by atoms with Crippen LogP contribution in [0.1, 0.15) is 16.1 Å². The number of anilines is 1. The number of methoxy groups -OCH3 is 1. The molecule has 0 saturated carbocycles. The highest BCUT2D eigenvalue weighted by Gasteiger charge is 2.13. The molecule has 3 rings (SSSR count). The molecule has 1 amide bonds. The highest BCUT2D eigenvalue weighted by Crippen LogP contribution is 2.24. The van der Waals surface area contributed by atoms with Crippen LogP contribution in [0, 0.1) is 12.7 Å². The number of ether oxygens (including phenoxy) is 1. The Labute approximate surface area is 143 Å². The number of fused-ring (bicyclic) bond motifs is 1. The molecule has 0 aliphatic rings. The zero-order chi connectivity index (χ0) is 17.3. The van der Waals surface area contributed by atoms with Crippen molar-refractivity contribution in [1.82, 2.24) is 4.98 Å². The summed E-state index contributed by atoms with van der Waals surface area (Å²) in [5.74, 6) is -0.192. The number of pyridine rings is 1. The first-order valence-corrected chi connectivity index (χ1v) is 7.57. The predicted molar refractivity (Wildman–Crippen MR) is 92.4 cm³/mol. The number of aromatic nitrogens is 1. The fourth-order valence-electron chi connectivity index (χ4n) is 2.38. The van der Waals surface area contributed by atoms with Crippen LogP contribution in [0.2, 0.25) is 5.02 Å². The van der Waals surface area contributed by atoms with Gasteiger partial charge < -0.3 is 10.1 Å². The fraction of sp³-hybridized carbons (Fsp3) is 0.111. The fourth-order valence-corrected chi connectivity index (χ4v) is 2.56. The Morgan fingerprint density at radius 1 is 1.21 bits per heavy atom. The number of aryl methyl sites for hydroxylation is 1. The quantitative estimate of drug-likeness (QED) is 0.755. The number of amides is 1. The van der Waals surface area contributed by atoms with E-state index in [9.17, 15) is 9.18 Å². The van der Waals surface area contributed by atoms with Crippen LogP contribution >= 0.6 is 11.6 Å². The van der Waals surface area contributed by atoms with E-state index in [1.807, 2.05) is 18.2 Å². The van der Waals surface area contributed by atoms with Crippen molar-refractivity contribution in [2.75, 3.05) is 12.4 Å². The van der Waals surface area contributed by atoms with Crippen LogP contribution in [0.5, 0.6) is 5.75 Å². The van der Waals surface area contributed by atoms with Crippen molar-refractivity contribution < 1.29 is 13.9 Å². The summed E-state index contributed by atoms with van der Waals surface area (Å²) in [5, 5.41) is 3.44. The van der Waals surface area contributed by atoms with E-state index in [0.717, 1.165) is 10.9 Å². The van der Waals surface area contributed by atoms with Crippen molar-refractivity contribution >= 4 is 34.1 Å². The van der Waals surface area contributed by atoms with E-state index in [2.05, 4.69) is 10.3 Å². The van der Waals surface area contributed by atoms with Gasteiger partial charge >= 0.3 is 0 Å². The van der Waals surface area contributed by atoms with Crippen LogP contribution in [-0.2, 0) is 0 Å². The standard InChI is InChI=1S/C18H14ClFN2O2/c1-10-14(8-11-7-13(24-2)4-6-17(11)21-10)18(23)22-12-3-5-16(20)15(19)9-12/h3-9H,1-2H3,(H,22,23). The Balaban J connectivity index is 1.96. The van der Waals surface area contributed by atoms with Crippen LogP contribution in [0.3, 0.4) is 0 Å². The van der Waals surface area contributed by atoms with Crippen LogP contribution in [0.4, 0.5) is 10.1 Å². The lowest BCUT2D eigenvalue weighted by atomic mass is 10.1. The molecule has 0 unspecified atom stereocenters. The maximum absolute atomic E-state index is 13.2. The van der Waals surface area contributed by atoms with Gasteiger partial charge in [-0.1, -0.05) is 11.6 Å². The Kier molecular flexibility index (Phi) is 4.36. The molecule has 0 fully saturated rings. The molecule has 3 aromatic rings. The largest absolute Gasteiger partial charge is 0.497 e. The lowest BCUT2D eigenvalue weighted by Gasteiger charge is -2.10. The summed E-state index contributed by atoms with van der Waals surface area (Å²) in [5.41, 5.74) is 2.21. The average molecular weight is 345 g/mol. The van der Waals surface area contributed by atoms with Gasteiger partial charge in [0.1, 0.15) is 11.6 Å². The normalized spacial score (nSPS) is 10.7. The molecule has 0 saturated heterocycles. The van der Waals surface area contributed by atoms with Gasteiger partial charge in [-0.15, -0.1) is 0 Å². The predicted octanol–water partition coefficient (Wildman–Crippen LogP) is 4.60. The van der Waals surface area contributed by atoms with Crippen molar-refractivity contribution in [1.29, 1.82) is 0 Å². The zero-order valence-electron chi connectivity index (χ0n) is 13.1. The van der Waals surface area contributed by atoms with Crippen molar-refractivity contribution in [3.63, 3.8) is 0 Å². The second-order valence-corrected chi connectivity index (χ2v) is 5.67. The third-order valence-corrected chi connectivity index (χ3v) is 3.92. The molecule has 0 radical (unpaired) electrons. The Bertz CT molecular complexity index is 944. The summed E-state index contributed by atoms with van der Waals surface area (Å²) in [6.07, 6.45) is 0. The Morgan fingerprint density at radius 2 is 2.00 bits per heavy atom. The molecule has 0 aliphatic carbocycles. The molecular weight excluding hydrogens is 331 g/mol. The SMILES string of the molecule is COc1ccc2nc(C)c(C(=O)Nc3ccc(F)c(Cl)c3)cc2c1. The second kappa shape index (κ2) is 6.45. The van der Waals surface area contributed by atoms with E-state index in [0.29, 0.717) is 22.7 Å². The number of nitrogens with one attached hydrogen (secondary N) is 1. The van der Waals surface area contributed by atoms with Gasteiger partial charge in [-0.2, -0.15) is 0 Å². The van der Waals surface area contributed by atoms with Crippen molar-refractivity contribution in [3.8, 4) is 5.75 Å². The van der Waals surface area contributed by atoms with E-state index in [1.54, 1.807) is 20.1 Å². The van der Waals surface area contributed by atoms with E-state index < -0.39 is 5.82 Å². The first-order valence-electron chi connectivity index (χ1n) is 7.20. The lowest BCUT2D eigenvalue weighted by Crippen LogP contribution is -2.14. The molecular formula is C18H14ClFN2O2. The molecule has 1 aromatic heterocycles. The molecule has 0 spiro atoms. The highest BCUT2D eigenvalue weighted by molar-refractivity contribution is 6.31. The van der Waals surface area contributed by atoms with Crippen LogP contribution in [0.25, 0.3) is 10.9 Å². The number of hydrogen-bond acceptors (Lipinski definition) is 3. The smallest absolute Gasteiger partial charge is 0.257 e. The van der Waals surface area contributed by atoms with E-state index in [-0.39, 0.29) is 10.9 Å². The van der Waals surface area contributed by atoms with Crippen molar-refractivity contribution in [2.45, 2.75) is 6.92 Å². The number of carbonyl (C=O) groups is 1. The molecule has 6 heteroatoms. The molecule has 1 heterocycles. The van der Waals surface area contributed by atoms with Crippen molar-refractivity contribution in [2.24, 2.45) is 0 Å². The summed E-state index contributed by atoms with van der Waals surface area (Å²) in [4.78, 5) is 17.0. The summed E-state index contributed by atoms with van der Waals surface area (Å²) >= 11 is 5.73. The van der Waals surface area contributed by atoms with Gasteiger partial charge in [0.25, 0.3) is 5.91 Å². The molecule has 2 aromatic carbocycles. The van der Waals surface area contributed by atoms with Gasteiger partial charge in [-0.25, -0.2) is 4.39 Å². The Morgan fingerprint density at radius 3 is 2.71 bits per heavy atom. The number of benzene rings is 2. The number of carbonyl (C=O) groups excluding carboxylic acids is 1. The molecule has 24 heavy (non-hydrogen) atoms. The maximum Gasteiger partial charge on any atom is 0.257 e. The average Bonchev–Trinajstić information content (AvgIpc) is 2.57. The number of nitrogens with zero attached hydrogens (tertiary/aromatic N) is 1. The second-order valence-electron chi connectivity index (χ2n) is 5.26. The minimum atomic E-state index is -0.537. The molecule has 0 atom stereocenters. The minimum absolute atomic E-state index is 0.0501. The monoisotopic (exact) mass is 344 g/mol. The molecule has 0 bridgehead atoms. The first kappa shape index (κ1) is 16.2. The van der Waals surface area contributed by atoms with E-state index in [1.165, 1.54) is 18.2 Å². The van der Waals surface area contributed by atoms with Gasteiger partial charge in [-0.3, -0.25) is 9.78 Å². The van der Waals surface area contributed by atoms with Gasteiger partial charge in [0.15, 0.2) is 0 Å². The number of rotatable bonds is 3. The first-order chi connectivity index (χ1) is 11.5. The topological polar surface area (TPSA) is 51.2 Å². The van der Waals surface area contributed by atoms with Gasteiger partial charge in [0.05, 0.1) is 28.9 Å². The zero-order valence-corrected chi connectivity index (χ0v) is 13.8. The Hall–Kier alpha value is -2.66. The number of halogens is 2. The minimum Gasteiger partial charge on any atom is -0.497 e. The third-order valence-electron chi connectivity index (χ3n) is 3.63. The molecule has 4 nitrogen and oxygen atoms in total. The van der Waals surface area contributed by atoms with Crippen LogP contribution in [0.15, 0.2) is 42.5 Å². The molecule has 0 aliphatic heterocycles. The molecule has 1 N–H and O–H groups in total. The van der Waals surface area contributed by atoms with Crippen molar-refractivity contribution in [3.05, 3.63) is 64.6 Å². The summed E-state index contributed by atoms with van der Waals surface area (Å²) in [6.45, 7) is 1.76. The lowest BCUT2D eigenvalue weighted by molar-refractivity contribution is 0.102. The van der Waals surface area contributed by atoms with Gasteiger partial charge in [0.2, 0.25) is 0 Å². The summed E-state index contributed by atoms with van der Waals surface area (Å²) < 4.78 is 18.4. The van der Waals surface area contributed by atoms with Crippen LogP contribution in [-0.4, -0.2) is 18.0 Å². The van der Waals surface area contributed by atoms with Crippen LogP contribution < -0.4 is 10.1 Å². The summed E-state index contributed by atoms with van der Waals surface area (Å²) in [7, 11) is 1.58. The molecule has 122 valence electrons. The maximum atomic E-state index is 13.2. The van der Waals surface area contributed by atoms with E-state index in [4.69, 9.17) is 16.3 Å². The van der Waals surface area contributed by atoms with E-state index >= 15 is 0 Å². The summed E-state index contributed by atoms with van der Waals surface area (Å²) in [6, 6.07) is 11.2. The third kappa shape index (κ3) is 3.16. The van der Waals surface area contributed by atoms with Gasteiger partial charge in [-0.05, 0) is 49.4 Å². The number of hydrogen-bond donors (Lipinski definition) is 1.